The van der Waals surface area contributed by atoms with Crippen molar-refractivity contribution in [1.82, 2.24) is 15.2 Å². The van der Waals surface area contributed by atoms with Crippen LogP contribution >= 0.6 is 0 Å². The second-order valence-corrected chi connectivity index (χ2v) is 8.03. The number of carbonyl (C=O) groups is 1. The fourth-order valence-corrected chi connectivity index (χ4v) is 4.58. The number of rotatable bonds is 4. The Kier molecular flexibility index (Phi) is 5.11. The summed E-state index contributed by atoms with van der Waals surface area (Å²) in [7, 11) is 1.90. The average Bonchev–Trinajstić information content (AvgIpc) is 2.96. The molecule has 1 aromatic heterocycles. The molecule has 1 N–H and O–H groups in total. The Morgan fingerprint density at radius 2 is 2.11 bits per heavy atom. The van der Waals surface area contributed by atoms with E-state index in [1.165, 1.54) is 0 Å². The van der Waals surface area contributed by atoms with Crippen LogP contribution < -0.4 is 10.1 Å². The molecule has 5 nitrogen and oxygen atoms in total. The van der Waals surface area contributed by atoms with Gasteiger partial charge in [-0.15, -0.1) is 0 Å². The summed E-state index contributed by atoms with van der Waals surface area (Å²) >= 11 is 0. The Hall–Kier alpha value is -2.40. The van der Waals surface area contributed by atoms with Gasteiger partial charge in [-0.1, -0.05) is 12.1 Å². The standard InChI is InChI=1S/C23H29N3O2/c1-4-28-19-8-5-7-17(14-19)18-13-16(2)24-21(15-18)20-9-6-10-23(25-20)11-12-26(3)22(23)27/h5,7-8,13-15,20,25H,4,6,9-12H2,1-3H3/t20-,23+/m1/s1. The van der Waals surface area contributed by atoms with Gasteiger partial charge in [0.2, 0.25) is 5.91 Å². The molecule has 28 heavy (non-hydrogen) atoms. The first-order valence-corrected chi connectivity index (χ1v) is 10.3. The van der Waals surface area contributed by atoms with Gasteiger partial charge in [0.15, 0.2) is 0 Å². The number of nitrogens with one attached hydrogen (secondary N) is 1. The van der Waals surface area contributed by atoms with Gasteiger partial charge in [-0.3, -0.25) is 15.1 Å². The summed E-state index contributed by atoms with van der Waals surface area (Å²) in [6, 6.07) is 12.6. The van der Waals surface area contributed by atoms with Crippen molar-refractivity contribution in [2.45, 2.75) is 51.1 Å². The van der Waals surface area contributed by atoms with Crippen molar-refractivity contribution in [2.24, 2.45) is 0 Å². The molecule has 0 bridgehead atoms. The van der Waals surface area contributed by atoms with Crippen LogP contribution in [0.2, 0.25) is 0 Å². The number of carbonyl (C=O) groups excluding carboxylic acids is 1. The number of aromatic nitrogens is 1. The summed E-state index contributed by atoms with van der Waals surface area (Å²) in [4.78, 5) is 19.4. The van der Waals surface area contributed by atoms with Crippen molar-refractivity contribution in [3.8, 4) is 16.9 Å². The van der Waals surface area contributed by atoms with E-state index >= 15 is 0 Å². The molecule has 0 aliphatic carbocycles. The number of hydrogen-bond donors (Lipinski definition) is 1. The van der Waals surface area contributed by atoms with Crippen LogP contribution in [0.15, 0.2) is 36.4 Å². The number of likely N-dealkylation sites (tertiary alicyclic amines) is 1. The van der Waals surface area contributed by atoms with E-state index in [1.807, 2.05) is 37.9 Å². The van der Waals surface area contributed by atoms with Gasteiger partial charge in [0.05, 0.1) is 18.3 Å². The molecule has 3 heterocycles. The highest BCUT2D eigenvalue weighted by atomic mass is 16.5. The fourth-order valence-electron chi connectivity index (χ4n) is 4.58. The molecule has 2 atom stereocenters. The molecule has 0 unspecified atom stereocenters. The minimum atomic E-state index is -0.405. The zero-order valence-electron chi connectivity index (χ0n) is 17.0. The van der Waals surface area contributed by atoms with E-state index < -0.39 is 5.54 Å². The minimum Gasteiger partial charge on any atom is -0.494 e. The highest BCUT2D eigenvalue weighted by Crippen LogP contribution is 2.37. The molecule has 0 saturated carbocycles. The second kappa shape index (κ2) is 7.55. The lowest BCUT2D eigenvalue weighted by atomic mass is 9.83. The van der Waals surface area contributed by atoms with Crippen molar-refractivity contribution in [2.75, 3.05) is 20.2 Å². The smallest absolute Gasteiger partial charge is 0.242 e. The number of aryl methyl sites for hydroxylation is 1. The summed E-state index contributed by atoms with van der Waals surface area (Å²) in [5.74, 6) is 1.11. The zero-order chi connectivity index (χ0) is 19.7. The van der Waals surface area contributed by atoms with Crippen molar-refractivity contribution in [3.63, 3.8) is 0 Å². The third kappa shape index (κ3) is 3.51. The molecule has 2 aliphatic heterocycles. The summed E-state index contributed by atoms with van der Waals surface area (Å²) < 4.78 is 5.66. The van der Waals surface area contributed by atoms with Crippen LogP contribution in [0.3, 0.4) is 0 Å². The highest BCUT2D eigenvalue weighted by Gasteiger charge is 2.48. The Morgan fingerprint density at radius 1 is 1.25 bits per heavy atom. The molecule has 1 amide bonds. The van der Waals surface area contributed by atoms with E-state index in [-0.39, 0.29) is 11.9 Å². The maximum atomic E-state index is 12.7. The largest absolute Gasteiger partial charge is 0.494 e. The third-order valence-electron chi connectivity index (χ3n) is 5.99. The summed E-state index contributed by atoms with van der Waals surface area (Å²) in [6.45, 7) is 5.51. The van der Waals surface area contributed by atoms with Crippen LogP contribution in [-0.4, -0.2) is 41.5 Å². The lowest BCUT2D eigenvalue weighted by Gasteiger charge is -2.38. The quantitative estimate of drug-likeness (QED) is 0.876. The maximum Gasteiger partial charge on any atom is 0.242 e. The topological polar surface area (TPSA) is 54.5 Å². The van der Waals surface area contributed by atoms with E-state index in [9.17, 15) is 4.79 Å². The van der Waals surface area contributed by atoms with Crippen LogP contribution in [0, 0.1) is 6.92 Å². The number of likely N-dealkylation sites (N-methyl/N-ethyl adjacent to an activating group) is 1. The first-order valence-electron chi connectivity index (χ1n) is 10.3. The average molecular weight is 380 g/mol. The van der Waals surface area contributed by atoms with Gasteiger partial charge in [0, 0.05) is 19.3 Å². The van der Waals surface area contributed by atoms with E-state index in [4.69, 9.17) is 9.72 Å². The molecule has 148 valence electrons. The number of nitrogens with zero attached hydrogens (tertiary/aromatic N) is 2. The van der Waals surface area contributed by atoms with Crippen LogP contribution in [0.25, 0.3) is 11.1 Å². The number of amides is 1. The summed E-state index contributed by atoms with van der Waals surface area (Å²) in [5, 5.41) is 3.68. The van der Waals surface area contributed by atoms with Gasteiger partial charge < -0.3 is 9.64 Å². The number of hydrogen-bond acceptors (Lipinski definition) is 4. The van der Waals surface area contributed by atoms with E-state index in [1.54, 1.807) is 0 Å². The molecule has 2 aromatic rings. The molecule has 1 spiro atoms. The first kappa shape index (κ1) is 18.9. The predicted octanol–water partition coefficient (Wildman–Crippen LogP) is 3.87. The fraction of sp³-hybridized carbons (Fsp3) is 0.478. The van der Waals surface area contributed by atoms with Gasteiger partial charge in [0.25, 0.3) is 0 Å². The molecule has 1 aromatic carbocycles. The molecular weight excluding hydrogens is 350 g/mol. The summed E-state index contributed by atoms with van der Waals surface area (Å²) in [6.07, 6.45) is 3.85. The van der Waals surface area contributed by atoms with Crippen molar-refractivity contribution in [1.29, 1.82) is 0 Å². The molecule has 2 aliphatic rings. The minimum absolute atomic E-state index is 0.109. The predicted molar refractivity (Wildman–Crippen MR) is 110 cm³/mol. The molecule has 4 rings (SSSR count). The first-order chi connectivity index (χ1) is 13.5. The SMILES string of the molecule is CCOc1cccc(-c2cc(C)nc([C@H]3CCC[C@@]4(CCN(C)C4=O)N3)c2)c1. The number of pyridine rings is 1. The summed E-state index contributed by atoms with van der Waals surface area (Å²) in [5.41, 5.74) is 3.88. The van der Waals surface area contributed by atoms with E-state index in [0.717, 1.165) is 60.5 Å². The molecule has 5 heteroatoms. The van der Waals surface area contributed by atoms with Crippen molar-refractivity contribution < 1.29 is 9.53 Å². The Labute approximate surface area is 167 Å². The van der Waals surface area contributed by atoms with Crippen molar-refractivity contribution >= 4 is 5.91 Å². The lowest BCUT2D eigenvalue weighted by Crippen LogP contribution is -2.55. The normalized spacial score (nSPS) is 24.8. The van der Waals surface area contributed by atoms with E-state index in [0.29, 0.717) is 6.61 Å². The monoisotopic (exact) mass is 379 g/mol. The van der Waals surface area contributed by atoms with Crippen LogP contribution in [-0.2, 0) is 4.79 Å². The molecule has 2 fully saturated rings. The number of benzene rings is 1. The van der Waals surface area contributed by atoms with Gasteiger partial charge >= 0.3 is 0 Å². The zero-order valence-corrected chi connectivity index (χ0v) is 17.0. The van der Waals surface area contributed by atoms with Crippen LogP contribution in [0.4, 0.5) is 0 Å². The van der Waals surface area contributed by atoms with Gasteiger partial charge in [-0.2, -0.15) is 0 Å². The lowest BCUT2D eigenvalue weighted by molar-refractivity contribution is -0.133. The Morgan fingerprint density at radius 3 is 2.86 bits per heavy atom. The third-order valence-corrected chi connectivity index (χ3v) is 5.99. The van der Waals surface area contributed by atoms with Crippen molar-refractivity contribution in [3.05, 3.63) is 47.8 Å². The molecule has 2 saturated heterocycles. The Balaban J connectivity index is 1.64. The van der Waals surface area contributed by atoms with E-state index in [2.05, 4.69) is 29.6 Å². The maximum absolute atomic E-state index is 12.7. The molecule has 0 radical (unpaired) electrons. The van der Waals surface area contributed by atoms with Crippen LogP contribution in [0.1, 0.15) is 50.0 Å². The molecular formula is C23H29N3O2. The second-order valence-electron chi connectivity index (χ2n) is 8.03. The highest BCUT2D eigenvalue weighted by molar-refractivity contribution is 5.88. The number of piperidine rings is 1. The Bertz CT molecular complexity index is 878. The van der Waals surface area contributed by atoms with Crippen LogP contribution in [0.5, 0.6) is 5.75 Å². The number of ether oxygens (including phenoxy) is 1. The van der Waals surface area contributed by atoms with Gasteiger partial charge in [-0.05, 0) is 74.9 Å². The van der Waals surface area contributed by atoms with Gasteiger partial charge in [-0.25, -0.2) is 0 Å². The van der Waals surface area contributed by atoms with Gasteiger partial charge in [0.1, 0.15) is 11.3 Å².